The summed E-state index contributed by atoms with van der Waals surface area (Å²) in [5, 5.41) is 1.76. The third kappa shape index (κ3) is 3.67. The summed E-state index contributed by atoms with van der Waals surface area (Å²) in [5.74, 6) is 0. The first-order valence-corrected chi connectivity index (χ1v) is 7.15. The second kappa shape index (κ2) is 6.31. The number of hydrogen-bond donors (Lipinski definition) is 0. The Morgan fingerprint density at radius 2 is 1.67 bits per heavy atom. The van der Waals surface area contributed by atoms with Crippen molar-refractivity contribution in [3.63, 3.8) is 0 Å². The minimum Gasteiger partial charge on any atom is -0.250 e. The molecule has 2 heteroatoms. The summed E-state index contributed by atoms with van der Waals surface area (Å²) >= 11 is 0. The van der Waals surface area contributed by atoms with Gasteiger partial charge in [0.1, 0.15) is 0 Å². The van der Waals surface area contributed by atoms with E-state index in [1.807, 2.05) is 55.5 Å². The fraction of sp³-hybridized carbons (Fsp3) is 0.125. The predicted molar refractivity (Wildman–Crippen MR) is 76.9 cm³/mol. The van der Waals surface area contributed by atoms with Crippen LogP contribution in [0.15, 0.2) is 71.0 Å². The first kappa shape index (κ1) is 12.8. The zero-order valence-corrected chi connectivity index (χ0v) is 11.2. The Morgan fingerprint density at radius 1 is 1.00 bits per heavy atom. The van der Waals surface area contributed by atoms with Gasteiger partial charge in [-0.1, -0.05) is 54.1 Å². The highest BCUT2D eigenvalue weighted by molar-refractivity contribution is 7.88. The van der Waals surface area contributed by atoms with Crippen LogP contribution in [0.4, 0.5) is 0 Å². The molecule has 0 radical (unpaired) electrons. The molecule has 0 aliphatic carbocycles. The molecular weight excluding hydrogens is 240 g/mol. The van der Waals surface area contributed by atoms with Crippen LogP contribution in [0.1, 0.15) is 11.1 Å². The minimum absolute atomic E-state index is 0.818. The van der Waals surface area contributed by atoms with Gasteiger partial charge < -0.3 is 0 Å². The van der Waals surface area contributed by atoms with Gasteiger partial charge in [-0.15, -0.1) is 0 Å². The van der Waals surface area contributed by atoms with Gasteiger partial charge in [-0.2, -0.15) is 0 Å². The number of allylic oxidation sites excluding steroid dienone is 1. The number of aryl methyl sites for hydroxylation is 1. The van der Waals surface area contributed by atoms with Crippen LogP contribution in [0, 0.1) is 6.92 Å². The first-order chi connectivity index (χ1) is 8.75. The van der Waals surface area contributed by atoms with Gasteiger partial charge in [0.05, 0.1) is 10.8 Å². The first-order valence-electron chi connectivity index (χ1n) is 5.93. The molecule has 1 nitrogen and oxygen atoms in total. The van der Waals surface area contributed by atoms with Gasteiger partial charge >= 0.3 is 0 Å². The van der Waals surface area contributed by atoms with E-state index in [4.69, 9.17) is 0 Å². The molecule has 0 heterocycles. The zero-order valence-electron chi connectivity index (χ0n) is 10.4. The molecule has 18 heavy (non-hydrogen) atoms. The van der Waals surface area contributed by atoms with Gasteiger partial charge in [0.2, 0.25) is 0 Å². The van der Waals surface area contributed by atoms with E-state index in [0.29, 0.717) is 0 Å². The van der Waals surface area contributed by atoms with Gasteiger partial charge in [0, 0.05) is 10.3 Å². The maximum absolute atomic E-state index is 12.0. The predicted octanol–water partition coefficient (Wildman–Crippen LogP) is 3.86. The highest BCUT2D eigenvalue weighted by atomic mass is 32.2. The molecule has 0 saturated heterocycles. The zero-order chi connectivity index (χ0) is 12.8. The molecule has 2 aromatic rings. The molecule has 0 fully saturated rings. The standard InChI is InChI=1S/C16H16OS/c1-14-9-11-16(12-10-14)18(17)13-5-8-15-6-3-2-4-7-15/h2-7,9-13H,8H2,1H3. The van der Waals surface area contributed by atoms with Crippen molar-refractivity contribution in [2.75, 3.05) is 0 Å². The summed E-state index contributed by atoms with van der Waals surface area (Å²) in [6.45, 7) is 2.03. The second-order valence-electron chi connectivity index (χ2n) is 4.17. The van der Waals surface area contributed by atoms with E-state index in [2.05, 4.69) is 12.1 Å². The maximum Gasteiger partial charge on any atom is 0.0772 e. The minimum atomic E-state index is -1.05. The van der Waals surface area contributed by atoms with E-state index in [9.17, 15) is 4.21 Å². The Balaban J connectivity index is 1.97. The van der Waals surface area contributed by atoms with E-state index >= 15 is 0 Å². The van der Waals surface area contributed by atoms with E-state index in [1.54, 1.807) is 5.41 Å². The lowest BCUT2D eigenvalue weighted by molar-refractivity contribution is 0.688. The summed E-state index contributed by atoms with van der Waals surface area (Å²) in [7, 11) is -1.05. The average Bonchev–Trinajstić information content (AvgIpc) is 2.40. The van der Waals surface area contributed by atoms with Gasteiger partial charge in [-0.05, 0) is 31.0 Å². The molecule has 0 spiro atoms. The van der Waals surface area contributed by atoms with Crippen LogP contribution in [0.3, 0.4) is 0 Å². The quantitative estimate of drug-likeness (QED) is 0.812. The van der Waals surface area contributed by atoms with Gasteiger partial charge in [0.25, 0.3) is 0 Å². The number of benzene rings is 2. The molecule has 92 valence electrons. The molecule has 0 amide bonds. The Morgan fingerprint density at radius 3 is 2.33 bits per heavy atom. The Bertz CT molecular complexity index is 541. The maximum atomic E-state index is 12.0. The number of rotatable bonds is 4. The molecule has 0 aliphatic heterocycles. The lowest BCUT2D eigenvalue weighted by Crippen LogP contribution is -1.87. The molecule has 0 bridgehead atoms. The van der Waals surface area contributed by atoms with Gasteiger partial charge in [0.15, 0.2) is 0 Å². The van der Waals surface area contributed by atoms with Crippen LogP contribution in [-0.4, -0.2) is 4.21 Å². The molecular formula is C16H16OS. The molecule has 1 unspecified atom stereocenters. The third-order valence-electron chi connectivity index (χ3n) is 2.67. The van der Waals surface area contributed by atoms with Gasteiger partial charge in [-0.25, -0.2) is 4.21 Å². The van der Waals surface area contributed by atoms with Crippen LogP contribution in [0.5, 0.6) is 0 Å². The van der Waals surface area contributed by atoms with Crippen LogP contribution in [-0.2, 0) is 17.2 Å². The lowest BCUT2D eigenvalue weighted by Gasteiger charge is -1.98. The monoisotopic (exact) mass is 256 g/mol. The largest absolute Gasteiger partial charge is 0.250 e. The summed E-state index contributed by atoms with van der Waals surface area (Å²) in [5.41, 5.74) is 2.42. The SMILES string of the molecule is Cc1ccc(S(=O)C=CCc2ccccc2)cc1. The molecule has 2 rings (SSSR count). The Kier molecular flexibility index (Phi) is 4.48. The summed E-state index contributed by atoms with van der Waals surface area (Å²) in [6.07, 6.45) is 2.78. The molecule has 1 atom stereocenters. The molecule has 0 N–H and O–H groups in total. The Hall–Kier alpha value is -1.67. The van der Waals surface area contributed by atoms with Crippen molar-refractivity contribution >= 4 is 10.8 Å². The van der Waals surface area contributed by atoms with Crippen LogP contribution in [0.25, 0.3) is 0 Å². The van der Waals surface area contributed by atoms with Crippen molar-refractivity contribution in [1.82, 2.24) is 0 Å². The van der Waals surface area contributed by atoms with Crippen molar-refractivity contribution in [2.45, 2.75) is 18.2 Å². The van der Waals surface area contributed by atoms with Gasteiger partial charge in [-0.3, -0.25) is 0 Å². The van der Waals surface area contributed by atoms with E-state index in [1.165, 1.54) is 11.1 Å². The van der Waals surface area contributed by atoms with Crippen LogP contribution in [0.2, 0.25) is 0 Å². The van der Waals surface area contributed by atoms with Crippen molar-refractivity contribution in [2.24, 2.45) is 0 Å². The highest BCUT2D eigenvalue weighted by Gasteiger charge is 1.98. The van der Waals surface area contributed by atoms with E-state index in [-0.39, 0.29) is 0 Å². The average molecular weight is 256 g/mol. The molecule has 0 aromatic heterocycles. The van der Waals surface area contributed by atoms with Crippen molar-refractivity contribution < 1.29 is 4.21 Å². The fourth-order valence-corrected chi connectivity index (χ4v) is 2.47. The van der Waals surface area contributed by atoms with Crippen molar-refractivity contribution in [3.8, 4) is 0 Å². The fourth-order valence-electron chi connectivity index (χ4n) is 1.64. The smallest absolute Gasteiger partial charge is 0.0772 e. The summed E-state index contributed by atoms with van der Waals surface area (Å²) < 4.78 is 12.0. The Labute approximate surface area is 111 Å². The van der Waals surface area contributed by atoms with E-state index in [0.717, 1.165) is 11.3 Å². The summed E-state index contributed by atoms with van der Waals surface area (Å²) in [4.78, 5) is 0.852. The lowest BCUT2D eigenvalue weighted by atomic mass is 10.2. The third-order valence-corrected chi connectivity index (χ3v) is 3.85. The van der Waals surface area contributed by atoms with Crippen LogP contribution >= 0.6 is 0 Å². The molecule has 2 aromatic carbocycles. The molecule has 0 saturated carbocycles. The van der Waals surface area contributed by atoms with E-state index < -0.39 is 10.8 Å². The summed E-state index contributed by atoms with van der Waals surface area (Å²) in [6, 6.07) is 18.0. The highest BCUT2D eigenvalue weighted by Crippen LogP contribution is 2.10. The van der Waals surface area contributed by atoms with Crippen molar-refractivity contribution in [1.29, 1.82) is 0 Å². The second-order valence-corrected chi connectivity index (χ2v) is 5.51. The normalized spacial score (nSPS) is 12.7. The van der Waals surface area contributed by atoms with Crippen molar-refractivity contribution in [3.05, 3.63) is 77.2 Å². The topological polar surface area (TPSA) is 17.1 Å². The molecule has 0 aliphatic rings. The van der Waals surface area contributed by atoms with Crippen LogP contribution < -0.4 is 0 Å². The number of hydrogen-bond acceptors (Lipinski definition) is 1.